The Labute approximate surface area is 166 Å². The molecular formula is C20H17N3O4S. The van der Waals surface area contributed by atoms with E-state index in [2.05, 4.69) is 16.4 Å². The molecule has 28 heavy (non-hydrogen) atoms. The molecule has 0 aliphatic rings. The number of carbonyl (C=O) groups is 1. The Kier molecular flexibility index (Phi) is 6.19. The number of nitrogens with zero attached hydrogens (tertiary/aromatic N) is 2. The third kappa shape index (κ3) is 4.45. The van der Waals surface area contributed by atoms with Crippen LogP contribution in [0.4, 0.5) is 5.69 Å². The van der Waals surface area contributed by atoms with Gasteiger partial charge < -0.3 is 19.2 Å². The van der Waals surface area contributed by atoms with Crippen molar-refractivity contribution < 1.29 is 18.7 Å². The second-order valence-electron chi connectivity index (χ2n) is 5.54. The number of nitrogens with one attached hydrogen (secondary N) is 1. The highest BCUT2D eigenvalue weighted by molar-refractivity contribution is 8.00. The molecule has 0 radical (unpaired) electrons. The number of nitriles is 1. The number of hydrogen-bond acceptors (Lipinski definition) is 7. The fourth-order valence-electron chi connectivity index (χ4n) is 2.43. The van der Waals surface area contributed by atoms with Crippen LogP contribution < -0.4 is 14.8 Å². The van der Waals surface area contributed by atoms with Crippen LogP contribution in [0.5, 0.6) is 11.5 Å². The summed E-state index contributed by atoms with van der Waals surface area (Å²) in [6.07, 6.45) is 1.55. The van der Waals surface area contributed by atoms with Crippen molar-refractivity contribution in [3.05, 3.63) is 54.3 Å². The second-order valence-corrected chi connectivity index (χ2v) is 6.51. The summed E-state index contributed by atoms with van der Waals surface area (Å²) in [6.45, 7) is 0. The SMILES string of the molecule is COc1ccc(OC)c(NC(=O)CSc2nc(-c3ccco3)ccc2C#N)c1. The molecule has 0 spiro atoms. The molecule has 2 heterocycles. The Morgan fingerprint density at radius 3 is 2.79 bits per heavy atom. The van der Waals surface area contributed by atoms with E-state index >= 15 is 0 Å². The van der Waals surface area contributed by atoms with Crippen LogP contribution in [0.2, 0.25) is 0 Å². The number of thioether (sulfide) groups is 1. The number of hydrogen-bond donors (Lipinski definition) is 1. The number of carbonyl (C=O) groups excluding carboxylic acids is 1. The second kappa shape index (κ2) is 8.97. The van der Waals surface area contributed by atoms with Crippen molar-refractivity contribution in [2.24, 2.45) is 0 Å². The number of pyridine rings is 1. The number of benzene rings is 1. The highest BCUT2D eigenvalue weighted by Gasteiger charge is 2.13. The quantitative estimate of drug-likeness (QED) is 0.605. The molecule has 3 rings (SSSR count). The summed E-state index contributed by atoms with van der Waals surface area (Å²) in [5.74, 6) is 1.53. The van der Waals surface area contributed by atoms with E-state index in [-0.39, 0.29) is 11.7 Å². The third-order valence-electron chi connectivity index (χ3n) is 3.78. The van der Waals surface area contributed by atoms with Gasteiger partial charge in [0.05, 0.1) is 37.5 Å². The number of methoxy groups -OCH3 is 2. The first kappa shape index (κ1) is 19.3. The molecule has 0 saturated heterocycles. The van der Waals surface area contributed by atoms with Crippen molar-refractivity contribution in [3.63, 3.8) is 0 Å². The van der Waals surface area contributed by atoms with Crippen LogP contribution in [0.1, 0.15) is 5.56 Å². The minimum atomic E-state index is -0.259. The van der Waals surface area contributed by atoms with Crippen molar-refractivity contribution in [1.82, 2.24) is 4.98 Å². The van der Waals surface area contributed by atoms with Gasteiger partial charge in [0, 0.05) is 6.07 Å². The molecule has 0 unspecified atom stereocenters. The van der Waals surface area contributed by atoms with E-state index in [1.54, 1.807) is 55.8 Å². The van der Waals surface area contributed by atoms with Crippen LogP contribution in [0.3, 0.4) is 0 Å². The molecule has 7 nitrogen and oxygen atoms in total. The monoisotopic (exact) mass is 395 g/mol. The molecule has 3 aromatic rings. The summed E-state index contributed by atoms with van der Waals surface area (Å²) in [5, 5.41) is 12.6. The predicted molar refractivity (Wildman–Crippen MR) is 106 cm³/mol. The Morgan fingerprint density at radius 2 is 2.11 bits per heavy atom. The molecule has 0 aliphatic heterocycles. The van der Waals surface area contributed by atoms with Gasteiger partial charge in [0.25, 0.3) is 0 Å². The molecule has 2 aromatic heterocycles. The summed E-state index contributed by atoms with van der Waals surface area (Å²) in [6, 6.07) is 14.1. The zero-order valence-corrected chi connectivity index (χ0v) is 16.1. The number of amides is 1. The van der Waals surface area contributed by atoms with Gasteiger partial charge in [-0.1, -0.05) is 11.8 Å². The molecule has 1 amide bonds. The summed E-state index contributed by atoms with van der Waals surface area (Å²) in [7, 11) is 3.07. The third-order valence-corrected chi connectivity index (χ3v) is 4.77. The normalized spacial score (nSPS) is 10.2. The molecule has 0 saturated carbocycles. The van der Waals surface area contributed by atoms with Gasteiger partial charge in [-0.2, -0.15) is 5.26 Å². The van der Waals surface area contributed by atoms with E-state index in [1.165, 1.54) is 18.9 Å². The average Bonchev–Trinajstić information content (AvgIpc) is 3.26. The number of anilines is 1. The number of furan rings is 1. The molecular weight excluding hydrogens is 378 g/mol. The van der Waals surface area contributed by atoms with Crippen molar-refractivity contribution in [3.8, 4) is 29.0 Å². The highest BCUT2D eigenvalue weighted by atomic mass is 32.2. The first-order valence-electron chi connectivity index (χ1n) is 8.24. The lowest BCUT2D eigenvalue weighted by Gasteiger charge is -2.12. The number of rotatable bonds is 7. The van der Waals surface area contributed by atoms with E-state index in [0.29, 0.717) is 39.2 Å². The zero-order valence-electron chi connectivity index (χ0n) is 15.3. The van der Waals surface area contributed by atoms with Crippen molar-refractivity contribution in [2.75, 3.05) is 25.3 Å². The summed E-state index contributed by atoms with van der Waals surface area (Å²) < 4.78 is 15.8. The minimum Gasteiger partial charge on any atom is -0.497 e. The van der Waals surface area contributed by atoms with Crippen LogP contribution in [0.15, 0.2) is 58.2 Å². The fraction of sp³-hybridized carbons (Fsp3) is 0.150. The van der Waals surface area contributed by atoms with Gasteiger partial charge in [0.2, 0.25) is 5.91 Å². The van der Waals surface area contributed by atoms with E-state index in [0.717, 1.165) is 0 Å². The predicted octanol–water partition coefficient (Wildman–Crippen LogP) is 3.96. The summed E-state index contributed by atoms with van der Waals surface area (Å²) in [4.78, 5) is 16.9. The lowest BCUT2D eigenvalue weighted by atomic mass is 10.2. The van der Waals surface area contributed by atoms with Crippen molar-refractivity contribution in [1.29, 1.82) is 5.26 Å². The van der Waals surface area contributed by atoms with Crippen LogP contribution in [-0.2, 0) is 4.79 Å². The largest absolute Gasteiger partial charge is 0.497 e. The molecule has 0 atom stereocenters. The average molecular weight is 395 g/mol. The maximum absolute atomic E-state index is 12.4. The van der Waals surface area contributed by atoms with Crippen LogP contribution in [-0.4, -0.2) is 30.9 Å². The number of ether oxygens (including phenoxy) is 2. The standard InChI is InChI=1S/C20H17N3O4S/c1-25-14-6-8-17(26-2)16(10-14)22-19(24)12-28-20-13(11-21)5-7-15(23-20)18-4-3-9-27-18/h3-10H,12H2,1-2H3,(H,22,24). The van der Waals surface area contributed by atoms with Crippen LogP contribution >= 0.6 is 11.8 Å². The smallest absolute Gasteiger partial charge is 0.234 e. The van der Waals surface area contributed by atoms with Gasteiger partial charge in [0.1, 0.15) is 28.3 Å². The molecule has 1 N–H and O–H groups in total. The Balaban J connectivity index is 1.73. The van der Waals surface area contributed by atoms with E-state index in [1.807, 2.05) is 0 Å². The minimum absolute atomic E-state index is 0.0731. The highest BCUT2D eigenvalue weighted by Crippen LogP contribution is 2.30. The number of aromatic nitrogens is 1. The van der Waals surface area contributed by atoms with Gasteiger partial charge in [-0.25, -0.2) is 4.98 Å². The van der Waals surface area contributed by atoms with E-state index in [9.17, 15) is 10.1 Å². The van der Waals surface area contributed by atoms with Crippen molar-refractivity contribution in [2.45, 2.75) is 5.03 Å². The van der Waals surface area contributed by atoms with E-state index in [4.69, 9.17) is 13.9 Å². The van der Waals surface area contributed by atoms with Gasteiger partial charge in [-0.05, 0) is 36.4 Å². The molecule has 0 fully saturated rings. The van der Waals surface area contributed by atoms with Gasteiger partial charge >= 0.3 is 0 Å². The Hall–Kier alpha value is -3.44. The lowest BCUT2D eigenvalue weighted by Crippen LogP contribution is -2.15. The molecule has 142 valence electrons. The van der Waals surface area contributed by atoms with E-state index < -0.39 is 0 Å². The van der Waals surface area contributed by atoms with Gasteiger partial charge in [0.15, 0.2) is 5.76 Å². The first-order valence-corrected chi connectivity index (χ1v) is 9.23. The van der Waals surface area contributed by atoms with Crippen LogP contribution in [0, 0.1) is 11.3 Å². The fourth-order valence-corrected chi connectivity index (χ4v) is 3.20. The lowest BCUT2D eigenvalue weighted by molar-refractivity contribution is -0.113. The molecule has 0 aliphatic carbocycles. The topological polar surface area (TPSA) is 97.4 Å². The zero-order chi connectivity index (χ0) is 19.9. The Bertz CT molecular complexity index is 1010. The molecule has 8 heteroatoms. The van der Waals surface area contributed by atoms with Crippen molar-refractivity contribution >= 4 is 23.4 Å². The maximum atomic E-state index is 12.4. The van der Waals surface area contributed by atoms with Gasteiger partial charge in [-0.15, -0.1) is 0 Å². The first-order chi connectivity index (χ1) is 13.6. The molecule has 0 bridgehead atoms. The molecule has 1 aromatic carbocycles. The van der Waals surface area contributed by atoms with Crippen LogP contribution in [0.25, 0.3) is 11.5 Å². The summed E-state index contributed by atoms with van der Waals surface area (Å²) >= 11 is 1.17. The maximum Gasteiger partial charge on any atom is 0.234 e. The Morgan fingerprint density at radius 1 is 1.25 bits per heavy atom. The summed E-state index contributed by atoms with van der Waals surface area (Å²) in [5.41, 5.74) is 1.50. The van der Waals surface area contributed by atoms with Gasteiger partial charge in [-0.3, -0.25) is 4.79 Å².